The third-order valence-corrected chi connectivity index (χ3v) is 3.59. The molecular formula is C13H21N5O3. The van der Waals surface area contributed by atoms with Crippen LogP contribution in [0.3, 0.4) is 0 Å². The second-order valence-electron chi connectivity index (χ2n) is 5.21. The molecular weight excluding hydrogens is 274 g/mol. The Morgan fingerprint density at radius 2 is 2.14 bits per heavy atom. The van der Waals surface area contributed by atoms with Crippen LogP contribution in [0.4, 0.5) is 11.5 Å². The summed E-state index contributed by atoms with van der Waals surface area (Å²) in [4.78, 5) is 37.0. The molecule has 1 atom stereocenters. The molecule has 8 heteroatoms. The number of carbonyl (C=O) groups excluding carboxylic acids is 1. The number of aromatic nitrogens is 2. The number of unbranched alkanes of at least 4 members (excludes halogenated alkanes) is 1. The highest BCUT2D eigenvalue weighted by atomic mass is 16.2. The molecule has 1 aromatic heterocycles. The van der Waals surface area contributed by atoms with Crippen LogP contribution in [0.25, 0.3) is 0 Å². The van der Waals surface area contributed by atoms with Crippen molar-refractivity contribution in [3.8, 4) is 0 Å². The van der Waals surface area contributed by atoms with E-state index in [1.54, 1.807) is 0 Å². The summed E-state index contributed by atoms with van der Waals surface area (Å²) in [5.41, 5.74) is 5.09. The second-order valence-corrected chi connectivity index (χ2v) is 5.21. The second kappa shape index (κ2) is 6.47. The molecule has 1 aromatic rings. The van der Waals surface area contributed by atoms with Gasteiger partial charge in [0, 0.05) is 25.6 Å². The zero-order chi connectivity index (χ0) is 15.4. The van der Waals surface area contributed by atoms with Gasteiger partial charge in [0.05, 0.1) is 0 Å². The molecule has 0 aromatic carbocycles. The number of nitrogen functional groups attached to an aromatic ring is 1. The van der Waals surface area contributed by atoms with Gasteiger partial charge in [0.1, 0.15) is 11.5 Å². The largest absolute Gasteiger partial charge is 0.383 e. The first-order chi connectivity index (χ1) is 10.0. The first-order valence-corrected chi connectivity index (χ1v) is 7.18. The number of hydrogen-bond acceptors (Lipinski definition) is 5. The van der Waals surface area contributed by atoms with Crippen LogP contribution in [-0.4, -0.2) is 28.0 Å². The van der Waals surface area contributed by atoms with E-state index in [1.165, 1.54) is 4.57 Å². The molecule has 1 fully saturated rings. The maximum Gasteiger partial charge on any atom is 0.330 e. The molecule has 1 amide bonds. The highest BCUT2D eigenvalue weighted by Crippen LogP contribution is 2.13. The maximum atomic E-state index is 11.9. The van der Waals surface area contributed by atoms with Crippen molar-refractivity contribution in [2.24, 2.45) is 0 Å². The molecule has 1 aliphatic rings. The minimum absolute atomic E-state index is 0.0107. The van der Waals surface area contributed by atoms with E-state index in [2.05, 4.69) is 15.6 Å². The van der Waals surface area contributed by atoms with Gasteiger partial charge in [0.25, 0.3) is 5.56 Å². The van der Waals surface area contributed by atoms with Crippen LogP contribution in [0.15, 0.2) is 9.59 Å². The van der Waals surface area contributed by atoms with Gasteiger partial charge in [-0.05, 0) is 12.8 Å². The van der Waals surface area contributed by atoms with Crippen molar-refractivity contribution in [1.29, 1.82) is 0 Å². The average Bonchev–Trinajstić information content (AvgIpc) is 2.84. The van der Waals surface area contributed by atoms with Gasteiger partial charge >= 0.3 is 5.69 Å². The Bertz CT molecular complexity index is 634. The van der Waals surface area contributed by atoms with Gasteiger partial charge in [-0.25, -0.2) is 4.79 Å². The van der Waals surface area contributed by atoms with Crippen molar-refractivity contribution in [3.05, 3.63) is 20.8 Å². The predicted molar refractivity (Wildman–Crippen MR) is 80.3 cm³/mol. The summed E-state index contributed by atoms with van der Waals surface area (Å²) in [6.45, 7) is 2.88. The van der Waals surface area contributed by atoms with Crippen LogP contribution >= 0.6 is 0 Å². The molecule has 21 heavy (non-hydrogen) atoms. The zero-order valence-corrected chi connectivity index (χ0v) is 12.1. The Morgan fingerprint density at radius 1 is 1.38 bits per heavy atom. The number of H-pyrrole nitrogens is 1. The Balaban J connectivity index is 2.16. The Morgan fingerprint density at radius 3 is 2.76 bits per heavy atom. The van der Waals surface area contributed by atoms with Crippen LogP contribution in [0.5, 0.6) is 0 Å². The maximum absolute atomic E-state index is 11.9. The zero-order valence-electron chi connectivity index (χ0n) is 12.1. The number of amides is 1. The topological polar surface area (TPSA) is 122 Å². The highest BCUT2D eigenvalue weighted by molar-refractivity contribution is 5.78. The first kappa shape index (κ1) is 15.1. The van der Waals surface area contributed by atoms with E-state index in [4.69, 9.17) is 5.73 Å². The van der Waals surface area contributed by atoms with Gasteiger partial charge in [0.15, 0.2) is 0 Å². The van der Waals surface area contributed by atoms with Crippen molar-refractivity contribution in [2.75, 3.05) is 17.6 Å². The Labute approximate surface area is 121 Å². The molecule has 116 valence electrons. The van der Waals surface area contributed by atoms with E-state index in [0.717, 1.165) is 19.3 Å². The minimum atomic E-state index is -0.533. The molecule has 0 bridgehead atoms. The fourth-order valence-corrected chi connectivity index (χ4v) is 2.35. The highest BCUT2D eigenvalue weighted by Gasteiger charge is 2.21. The number of rotatable bonds is 6. The summed E-state index contributed by atoms with van der Waals surface area (Å²) in [6, 6.07) is -0.0210. The van der Waals surface area contributed by atoms with Crippen molar-refractivity contribution in [2.45, 2.75) is 45.2 Å². The number of hydrogen-bond donors (Lipinski definition) is 4. The summed E-state index contributed by atoms with van der Waals surface area (Å²) >= 11 is 0. The summed E-state index contributed by atoms with van der Waals surface area (Å²) in [6.07, 6.45) is 2.93. The average molecular weight is 295 g/mol. The van der Waals surface area contributed by atoms with E-state index in [-0.39, 0.29) is 23.5 Å². The molecule has 5 N–H and O–H groups in total. The van der Waals surface area contributed by atoms with E-state index < -0.39 is 11.2 Å². The Hall–Kier alpha value is -2.25. The van der Waals surface area contributed by atoms with Crippen LogP contribution < -0.4 is 27.6 Å². The van der Waals surface area contributed by atoms with Gasteiger partial charge < -0.3 is 16.4 Å². The lowest BCUT2D eigenvalue weighted by Crippen LogP contribution is -2.37. The molecule has 1 saturated heterocycles. The van der Waals surface area contributed by atoms with Gasteiger partial charge in [0.2, 0.25) is 5.91 Å². The molecule has 1 unspecified atom stereocenters. The molecule has 0 radical (unpaired) electrons. The van der Waals surface area contributed by atoms with Crippen LogP contribution in [-0.2, 0) is 11.3 Å². The van der Waals surface area contributed by atoms with Crippen molar-refractivity contribution in [3.63, 3.8) is 0 Å². The van der Waals surface area contributed by atoms with Gasteiger partial charge in [-0.2, -0.15) is 0 Å². The SMILES string of the molecule is CCCCn1c(N)c(NCC2CCC(=O)N2)c(=O)[nH]c1=O. The van der Waals surface area contributed by atoms with Crippen molar-refractivity contribution < 1.29 is 4.79 Å². The number of anilines is 2. The van der Waals surface area contributed by atoms with E-state index >= 15 is 0 Å². The van der Waals surface area contributed by atoms with Crippen LogP contribution in [0, 0.1) is 0 Å². The number of nitrogens with two attached hydrogens (primary N) is 1. The molecule has 2 rings (SSSR count). The molecule has 8 nitrogen and oxygen atoms in total. The number of nitrogens with one attached hydrogen (secondary N) is 3. The fourth-order valence-electron chi connectivity index (χ4n) is 2.35. The normalized spacial score (nSPS) is 17.8. The van der Waals surface area contributed by atoms with Gasteiger partial charge in [-0.3, -0.25) is 19.1 Å². The number of aromatic amines is 1. The lowest BCUT2D eigenvalue weighted by atomic mass is 10.2. The summed E-state index contributed by atoms with van der Waals surface area (Å²) in [5.74, 6) is 0.151. The standard InChI is InChI=1S/C13H21N5O3/c1-2-3-6-18-11(14)10(12(20)17-13(18)21)15-7-8-4-5-9(19)16-8/h8,15H,2-7,14H2,1H3,(H,16,19)(H,17,20,21). The summed E-state index contributed by atoms with van der Waals surface area (Å²) < 4.78 is 1.36. The number of carbonyl (C=O) groups is 1. The Kier molecular flexibility index (Phi) is 4.66. The smallest absolute Gasteiger partial charge is 0.330 e. The fraction of sp³-hybridized carbons (Fsp3) is 0.615. The van der Waals surface area contributed by atoms with Crippen molar-refractivity contribution >= 4 is 17.4 Å². The first-order valence-electron chi connectivity index (χ1n) is 7.18. The molecule has 1 aliphatic heterocycles. The molecule has 0 spiro atoms. The van der Waals surface area contributed by atoms with Gasteiger partial charge in [-0.15, -0.1) is 0 Å². The molecule has 2 heterocycles. The third kappa shape index (κ3) is 3.45. The van der Waals surface area contributed by atoms with Gasteiger partial charge in [-0.1, -0.05) is 13.3 Å². The van der Waals surface area contributed by atoms with Crippen molar-refractivity contribution in [1.82, 2.24) is 14.9 Å². The lowest BCUT2D eigenvalue weighted by molar-refractivity contribution is -0.119. The monoisotopic (exact) mass is 295 g/mol. The third-order valence-electron chi connectivity index (χ3n) is 3.59. The van der Waals surface area contributed by atoms with Crippen LogP contribution in [0.1, 0.15) is 32.6 Å². The predicted octanol–water partition coefficient (Wildman–Crippen LogP) is -0.391. The minimum Gasteiger partial charge on any atom is -0.383 e. The quantitative estimate of drug-likeness (QED) is 0.569. The number of nitrogens with zero attached hydrogens (tertiary/aromatic N) is 1. The molecule has 0 aliphatic carbocycles. The van der Waals surface area contributed by atoms with E-state index in [9.17, 15) is 14.4 Å². The summed E-state index contributed by atoms with van der Waals surface area (Å²) in [5, 5.41) is 5.74. The summed E-state index contributed by atoms with van der Waals surface area (Å²) in [7, 11) is 0. The lowest BCUT2D eigenvalue weighted by Gasteiger charge is -2.16. The van der Waals surface area contributed by atoms with Crippen LogP contribution in [0.2, 0.25) is 0 Å². The van der Waals surface area contributed by atoms with E-state index in [1.807, 2.05) is 6.92 Å². The van der Waals surface area contributed by atoms with E-state index in [0.29, 0.717) is 19.5 Å². The molecule has 0 saturated carbocycles.